The van der Waals surface area contributed by atoms with Gasteiger partial charge in [0.2, 0.25) is 0 Å². The van der Waals surface area contributed by atoms with Crippen LogP contribution in [0.2, 0.25) is 0 Å². The van der Waals surface area contributed by atoms with Gasteiger partial charge in [0.1, 0.15) is 0 Å². The molecule has 0 atom stereocenters. The average Bonchev–Trinajstić information content (AvgIpc) is 2.67. The van der Waals surface area contributed by atoms with Crippen molar-refractivity contribution in [3.05, 3.63) is 76.5 Å². The van der Waals surface area contributed by atoms with Crippen LogP contribution >= 0.6 is 0 Å². The minimum absolute atomic E-state index is 1.02. The second-order valence-corrected chi connectivity index (χ2v) is 5.27. The molecule has 0 spiro atoms. The van der Waals surface area contributed by atoms with Crippen LogP contribution in [-0.2, 0) is 12.8 Å². The number of allylic oxidation sites excluding steroid dienone is 1. The molecule has 0 unspecified atom stereocenters. The molecule has 20 heavy (non-hydrogen) atoms. The van der Waals surface area contributed by atoms with Crippen LogP contribution in [-0.4, -0.2) is 7.05 Å². The normalized spacial score (nSPS) is 13.2. The van der Waals surface area contributed by atoms with Crippen LogP contribution in [0.3, 0.4) is 0 Å². The van der Waals surface area contributed by atoms with E-state index in [0.29, 0.717) is 0 Å². The highest BCUT2D eigenvalue weighted by atomic mass is 14.8. The summed E-state index contributed by atoms with van der Waals surface area (Å²) in [6.07, 6.45) is 3.27. The third-order valence-electron chi connectivity index (χ3n) is 4.19. The predicted molar refractivity (Wildman–Crippen MR) is 85.7 cm³/mol. The smallest absolute Gasteiger partial charge is 0.0187 e. The topological polar surface area (TPSA) is 12.0 Å². The first-order chi connectivity index (χ1) is 9.85. The van der Waals surface area contributed by atoms with E-state index in [9.17, 15) is 0 Å². The molecule has 1 N–H and O–H groups in total. The van der Waals surface area contributed by atoms with Crippen LogP contribution in [0, 0.1) is 0 Å². The Bertz CT molecular complexity index is 597. The number of rotatable bonds is 2. The molecule has 0 aromatic heterocycles. The number of hydrogen-bond acceptors (Lipinski definition) is 1. The molecular formula is C19H21N. The lowest BCUT2D eigenvalue weighted by Crippen LogP contribution is -2.09. The maximum absolute atomic E-state index is 3.41. The molecule has 0 radical (unpaired) electrons. The van der Waals surface area contributed by atoms with Gasteiger partial charge < -0.3 is 5.32 Å². The zero-order chi connectivity index (χ0) is 13.9. The maximum atomic E-state index is 3.41. The Labute approximate surface area is 121 Å². The molecule has 102 valence electrons. The molecule has 2 aromatic carbocycles. The zero-order valence-electron chi connectivity index (χ0n) is 12.2. The molecule has 0 aliphatic heterocycles. The van der Waals surface area contributed by atoms with E-state index in [1.165, 1.54) is 33.5 Å². The van der Waals surface area contributed by atoms with Crippen LogP contribution in [0.4, 0.5) is 0 Å². The highest BCUT2D eigenvalue weighted by Crippen LogP contribution is 2.35. The standard InChI is InChI=1S/C19H21N/c1-3-18(20-2)19-16-10-6-4-8-14(16)12-13-15-9-5-7-11-17(15)19/h4-11,20H,3,12-13H2,1-2H3. The Hall–Kier alpha value is -2.02. The van der Waals surface area contributed by atoms with E-state index in [-0.39, 0.29) is 0 Å². The average molecular weight is 263 g/mol. The Morgan fingerprint density at radius 2 is 1.40 bits per heavy atom. The predicted octanol–water partition coefficient (Wildman–Crippen LogP) is 4.17. The largest absolute Gasteiger partial charge is 0.391 e. The zero-order valence-corrected chi connectivity index (χ0v) is 12.2. The molecule has 0 heterocycles. The summed E-state index contributed by atoms with van der Waals surface area (Å²) in [6, 6.07) is 17.7. The first kappa shape index (κ1) is 13.0. The summed E-state index contributed by atoms with van der Waals surface area (Å²) in [5.74, 6) is 0. The molecular weight excluding hydrogens is 242 g/mol. The minimum Gasteiger partial charge on any atom is -0.391 e. The molecule has 1 heteroatoms. The summed E-state index contributed by atoms with van der Waals surface area (Å²) >= 11 is 0. The number of benzene rings is 2. The second-order valence-electron chi connectivity index (χ2n) is 5.27. The summed E-state index contributed by atoms with van der Waals surface area (Å²) < 4.78 is 0. The fourth-order valence-corrected chi connectivity index (χ4v) is 3.18. The summed E-state index contributed by atoms with van der Waals surface area (Å²) in [4.78, 5) is 0. The van der Waals surface area contributed by atoms with E-state index >= 15 is 0 Å². The molecule has 0 fully saturated rings. The van der Waals surface area contributed by atoms with Gasteiger partial charge in [0.05, 0.1) is 0 Å². The van der Waals surface area contributed by atoms with Crippen LogP contribution in [0.1, 0.15) is 35.6 Å². The molecule has 1 aliphatic carbocycles. The minimum atomic E-state index is 1.02. The molecule has 3 rings (SSSR count). The van der Waals surface area contributed by atoms with Gasteiger partial charge in [-0.3, -0.25) is 0 Å². The highest BCUT2D eigenvalue weighted by molar-refractivity contribution is 5.85. The van der Waals surface area contributed by atoms with Crippen molar-refractivity contribution in [2.75, 3.05) is 7.05 Å². The molecule has 0 amide bonds. The van der Waals surface area contributed by atoms with Gasteiger partial charge in [-0.1, -0.05) is 55.5 Å². The Morgan fingerprint density at radius 3 is 1.85 bits per heavy atom. The summed E-state index contributed by atoms with van der Waals surface area (Å²) in [6.45, 7) is 2.22. The van der Waals surface area contributed by atoms with Crippen molar-refractivity contribution in [2.45, 2.75) is 26.2 Å². The lowest BCUT2D eigenvalue weighted by atomic mass is 9.91. The number of hydrogen-bond donors (Lipinski definition) is 1. The van der Waals surface area contributed by atoms with Crippen LogP contribution in [0.25, 0.3) is 5.57 Å². The van der Waals surface area contributed by atoms with Crippen LogP contribution < -0.4 is 5.32 Å². The summed E-state index contributed by atoms with van der Waals surface area (Å²) in [5, 5.41) is 3.41. The van der Waals surface area contributed by atoms with E-state index in [4.69, 9.17) is 0 Å². The molecule has 1 aliphatic rings. The molecule has 0 bridgehead atoms. The Kier molecular flexibility index (Phi) is 3.60. The van der Waals surface area contributed by atoms with Crippen molar-refractivity contribution in [3.8, 4) is 0 Å². The fourth-order valence-electron chi connectivity index (χ4n) is 3.18. The van der Waals surface area contributed by atoms with Crippen LogP contribution in [0.5, 0.6) is 0 Å². The second kappa shape index (κ2) is 5.54. The van der Waals surface area contributed by atoms with Gasteiger partial charge in [-0.15, -0.1) is 0 Å². The SMILES string of the molecule is CCC(NC)=C1c2ccccc2CCc2ccccc21. The summed E-state index contributed by atoms with van der Waals surface area (Å²) in [5.41, 5.74) is 8.41. The first-order valence-corrected chi connectivity index (χ1v) is 7.42. The Balaban J connectivity index is 2.33. The lowest BCUT2D eigenvalue weighted by Gasteiger charge is -2.17. The molecule has 0 saturated heterocycles. The Morgan fingerprint density at radius 1 is 0.900 bits per heavy atom. The third-order valence-corrected chi connectivity index (χ3v) is 4.19. The van der Waals surface area contributed by atoms with Gasteiger partial charge in [0.25, 0.3) is 0 Å². The number of aryl methyl sites for hydroxylation is 2. The van der Waals surface area contributed by atoms with E-state index in [2.05, 4.69) is 60.8 Å². The van der Waals surface area contributed by atoms with Crippen molar-refractivity contribution < 1.29 is 0 Å². The van der Waals surface area contributed by atoms with E-state index in [0.717, 1.165) is 19.3 Å². The van der Waals surface area contributed by atoms with Crippen molar-refractivity contribution in [1.82, 2.24) is 5.32 Å². The highest BCUT2D eigenvalue weighted by Gasteiger charge is 2.19. The lowest BCUT2D eigenvalue weighted by molar-refractivity contribution is 0.904. The third kappa shape index (κ3) is 2.14. The molecule has 1 nitrogen and oxygen atoms in total. The van der Waals surface area contributed by atoms with E-state index in [1.807, 2.05) is 7.05 Å². The van der Waals surface area contributed by atoms with E-state index in [1.54, 1.807) is 0 Å². The van der Waals surface area contributed by atoms with Crippen molar-refractivity contribution in [2.24, 2.45) is 0 Å². The number of nitrogens with one attached hydrogen (secondary N) is 1. The molecule has 0 saturated carbocycles. The van der Waals surface area contributed by atoms with Gasteiger partial charge in [-0.05, 0) is 41.5 Å². The van der Waals surface area contributed by atoms with Gasteiger partial charge in [0, 0.05) is 18.3 Å². The summed E-state index contributed by atoms with van der Waals surface area (Å²) in [7, 11) is 2.03. The first-order valence-electron chi connectivity index (χ1n) is 7.42. The van der Waals surface area contributed by atoms with Crippen molar-refractivity contribution >= 4 is 5.57 Å². The monoisotopic (exact) mass is 263 g/mol. The quantitative estimate of drug-likeness (QED) is 0.857. The maximum Gasteiger partial charge on any atom is 0.0187 e. The number of fused-ring (bicyclic) bond motifs is 2. The van der Waals surface area contributed by atoms with Gasteiger partial charge in [0.15, 0.2) is 0 Å². The van der Waals surface area contributed by atoms with Crippen molar-refractivity contribution in [1.29, 1.82) is 0 Å². The fraction of sp³-hybridized carbons (Fsp3) is 0.263. The van der Waals surface area contributed by atoms with Crippen molar-refractivity contribution in [3.63, 3.8) is 0 Å². The van der Waals surface area contributed by atoms with Gasteiger partial charge in [-0.2, -0.15) is 0 Å². The van der Waals surface area contributed by atoms with Gasteiger partial charge >= 0.3 is 0 Å². The van der Waals surface area contributed by atoms with E-state index < -0.39 is 0 Å². The van der Waals surface area contributed by atoms with Crippen LogP contribution in [0.15, 0.2) is 54.2 Å². The van der Waals surface area contributed by atoms with Gasteiger partial charge in [-0.25, -0.2) is 0 Å². The molecule has 2 aromatic rings.